The maximum atomic E-state index is 11.7. The molecule has 0 spiro atoms. The highest BCUT2D eigenvalue weighted by atomic mass is 32.2. The van der Waals surface area contributed by atoms with Crippen LogP contribution in [0.3, 0.4) is 0 Å². The van der Waals surface area contributed by atoms with Crippen LogP contribution in [0.15, 0.2) is 12.3 Å². The fraction of sp³-hybridized carbons (Fsp3) is 0.538. The lowest BCUT2D eigenvalue weighted by Crippen LogP contribution is -2.15. The van der Waals surface area contributed by atoms with Gasteiger partial charge in [-0.2, -0.15) is 8.42 Å². The van der Waals surface area contributed by atoms with Gasteiger partial charge in [-0.3, -0.25) is 8.98 Å². The number of hydrogen-bond donors (Lipinski definition) is 0. The molecule has 0 N–H and O–H groups in total. The van der Waals surface area contributed by atoms with Crippen LogP contribution in [-0.4, -0.2) is 52.0 Å². The van der Waals surface area contributed by atoms with Gasteiger partial charge in [-0.15, -0.1) is 0 Å². The van der Waals surface area contributed by atoms with E-state index in [0.29, 0.717) is 18.7 Å². The average molecular weight is 333 g/mol. The minimum absolute atomic E-state index is 0.0161. The molecular weight excluding hydrogens is 314 g/mol. The SMILES string of the molecule is COC(=O)Cc1c(C(=O)OC)ccn1CCCOS(C)(=O)=O. The molecule has 0 amide bonds. The quantitative estimate of drug-likeness (QED) is 0.384. The van der Waals surface area contributed by atoms with Gasteiger partial charge in [0.1, 0.15) is 0 Å². The van der Waals surface area contributed by atoms with Gasteiger partial charge in [0.15, 0.2) is 0 Å². The van der Waals surface area contributed by atoms with Crippen LogP contribution in [0, 0.1) is 0 Å². The molecule has 1 heterocycles. The Balaban J connectivity index is 2.82. The fourth-order valence-electron chi connectivity index (χ4n) is 1.86. The van der Waals surface area contributed by atoms with Crippen molar-refractivity contribution in [2.24, 2.45) is 0 Å². The van der Waals surface area contributed by atoms with Gasteiger partial charge in [0, 0.05) is 18.4 Å². The Morgan fingerprint density at radius 2 is 1.91 bits per heavy atom. The van der Waals surface area contributed by atoms with Crippen molar-refractivity contribution in [2.75, 3.05) is 27.1 Å². The van der Waals surface area contributed by atoms with Gasteiger partial charge < -0.3 is 14.0 Å². The molecule has 0 saturated carbocycles. The van der Waals surface area contributed by atoms with Crippen molar-refractivity contribution in [3.63, 3.8) is 0 Å². The highest BCUT2D eigenvalue weighted by Gasteiger charge is 2.19. The van der Waals surface area contributed by atoms with E-state index in [1.165, 1.54) is 14.2 Å². The summed E-state index contributed by atoms with van der Waals surface area (Å²) >= 11 is 0. The molecule has 0 aliphatic carbocycles. The molecule has 0 unspecified atom stereocenters. The highest BCUT2D eigenvalue weighted by Crippen LogP contribution is 2.15. The van der Waals surface area contributed by atoms with Crippen molar-refractivity contribution in [1.29, 1.82) is 0 Å². The van der Waals surface area contributed by atoms with E-state index in [4.69, 9.17) is 0 Å². The van der Waals surface area contributed by atoms with Gasteiger partial charge in [-0.05, 0) is 12.5 Å². The summed E-state index contributed by atoms with van der Waals surface area (Å²) in [6, 6.07) is 1.54. The number of aromatic nitrogens is 1. The molecule has 0 bridgehead atoms. The Morgan fingerprint density at radius 3 is 2.45 bits per heavy atom. The number of carbonyl (C=O) groups is 2. The molecule has 0 aromatic carbocycles. The summed E-state index contributed by atoms with van der Waals surface area (Å²) in [6.45, 7) is 0.404. The van der Waals surface area contributed by atoms with Gasteiger partial charge >= 0.3 is 11.9 Å². The Labute approximate surface area is 129 Å². The van der Waals surface area contributed by atoms with Gasteiger partial charge in [0.25, 0.3) is 10.1 Å². The number of ether oxygens (including phenoxy) is 2. The van der Waals surface area contributed by atoms with Gasteiger partial charge in [0.05, 0.1) is 39.1 Å². The lowest BCUT2D eigenvalue weighted by Gasteiger charge is -2.10. The van der Waals surface area contributed by atoms with E-state index >= 15 is 0 Å². The zero-order chi connectivity index (χ0) is 16.8. The zero-order valence-corrected chi connectivity index (χ0v) is 13.5. The summed E-state index contributed by atoms with van der Waals surface area (Å²) in [4.78, 5) is 23.2. The third kappa shape index (κ3) is 5.49. The molecule has 9 heteroatoms. The summed E-state index contributed by atoms with van der Waals surface area (Å²) in [6.07, 6.45) is 2.92. The van der Waals surface area contributed by atoms with Crippen LogP contribution >= 0.6 is 0 Å². The first-order valence-corrected chi connectivity index (χ1v) is 8.27. The molecule has 0 aliphatic rings. The number of rotatable bonds is 8. The topological polar surface area (TPSA) is 101 Å². The Bertz CT molecular complexity index is 633. The first-order chi connectivity index (χ1) is 10.3. The second-order valence-corrected chi connectivity index (χ2v) is 6.14. The number of nitrogens with zero attached hydrogens (tertiary/aromatic N) is 1. The predicted molar refractivity (Wildman–Crippen MR) is 76.9 cm³/mol. The summed E-state index contributed by atoms with van der Waals surface area (Å²) in [5.74, 6) is -1.04. The van der Waals surface area contributed by atoms with Crippen molar-refractivity contribution in [3.05, 3.63) is 23.5 Å². The second-order valence-electron chi connectivity index (χ2n) is 4.49. The number of hydrogen-bond acceptors (Lipinski definition) is 7. The number of methoxy groups -OCH3 is 2. The Morgan fingerprint density at radius 1 is 1.23 bits per heavy atom. The summed E-state index contributed by atoms with van der Waals surface area (Å²) in [5.41, 5.74) is 0.731. The minimum Gasteiger partial charge on any atom is -0.469 e. The van der Waals surface area contributed by atoms with E-state index in [-0.39, 0.29) is 18.6 Å². The molecule has 0 radical (unpaired) electrons. The van der Waals surface area contributed by atoms with Crippen LogP contribution in [-0.2, 0) is 41.5 Å². The summed E-state index contributed by atoms with van der Waals surface area (Å²) in [7, 11) is -0.972. The normalized spacial score (nSPS) is 11.2. The van der Waals surface area contributed by atoms with E-state index in [2.05, 4.69) is 13.7 Å². The first kappa shape index (κ1) is 18.2. The van der Waals surface area contributed by atoms with E-state index in [1.54, 1.807) is 16.8 Å². The van der Waals surface area contributed by atoms with E-state index in [0.717, 1.165) is 6.26 Å². The van der Waals surface area contributed by atoms with Crippen molar-refractivity contribution in [2.45, 2.75) is 19.4 Å². The average Bonchev–Trinajstić information content (AvgIpc) is 2.84. The lowest BCUT2D eigenvalue weighted by molar-refractivity contribution is -0.139. The van der Waals surface area contributed by atoms with E-state index in [1.807, 2.05) is 0 Å². The summed E-state index contributed by atoms with van der Waals surface area (Å²) in [5, 5.41) is 0. The third-order valence-electron chi connectivity index (χ3n) is 2.86. The number of carbonyl (C=O) groups excluding carboxylic acids is 2. The van der Waals surface area contributed by atoms with Crippen LogP contribution in [0.25, 0.3) is 0 Å². The van der Waals surface area contributed by atoms with E-state index in [9.17, 15) is 18.0 Å². The first-order valence-electron chi connectivity index (χ1n) is 6.46. The zero-order valence-electron chi connectivity index (χ0n) is 12.7. The molecule has 0 fully saturated rings. The molecule has 8 nitrogen and oxygen atoms in total. The van der Waals surface area contributed by atoms with Crippen LogP contribution in [0.4, 0.5) is 0 Å². The largest absolute Gasteiger partial charge is 0.469 e. The molecule has 1 aromatic heterocycles. The Kier molecular flexibility index (Phi) is 6.57. The molecule has 22 heavy (non-hydrogen) atoms. The molecule has 0 saturated heterocycles. The molecule has 0 aliphatic heterocycles. The molecule has 1 aromatic rings. The van der Waals surface area contributed by atoms with Crippen LogP contribution < -0.4 is 0 Å². The van der Waals surface area contributed by atoms with Gasteiger partial charge in [0.2, 0.25) is 0 Å². The maximum absolute atomic E-state index is 11.7. The second kappa shape index (κ2) is 7.95. The molecular formula is C13H19NO7S. The van der Waals surface area contributed by atoms with E-state index < -0.39 is 22.1 Å². The molecule has 0 atom stereocenters. The number of aryl methyl sites for hydroxylation is 1. The predicted octanol–water partition coefficient (Wildman–Crippen LogP) is 0.357. The van der Waals surface area contributed by atoms with Gasteiger partial charge in [-0.25, -0.2) is 4.79 Å². The minimum atomic E-state index is -3.48. The van der Waals surface area contributed by atoms with Crippen LogP contribution in [0.1, 0.15) is 22.5 Å². The van der Waals surface area contributed by atoms with Crippen LogP contribution in [0.2, 0.25) is 0 Å². The third-order valence-corrected chi connectivity index (χ3v) is 3.46. The highest BCUT2D eigenvalue weighted by molar-refractivity contribution is 7.85. The smallest absolute Gasteiger partial charge is 0.339 e. The van der Waals surface area contributed by atoms with Crippen molar-refractivity contribution < 1.29 is 31.7 Å². The van der Waals surface area contributed by atoms with Crippen molar-refractivity contribution in [1.82, 2.24) is 4.57 Å². The van der Waals surface area contributed by atoms with Crippen molar-refractivity contribution in [3.8, 4) is 0 Å². The molecule has 124 valence electrons. The monoisotopic (exact) mass is 333 g/mol. The fourth-order valence-corrected chi connectivity index (χ4v) is 2.28. The molecule has 1 rings (SSSR count). The lowest BCUT2D eigenvalue weighted by atomic mass is 10.2. The maximum Gasteiger partial charge on any atom is 0.339 e. The number of esters is 2. The van der Waals surface area contributed by atoms with Crippen LogP contribution in [0.5, 0.6) is 0 Å². The summed E-state index contributed by atoms with van der Waals surface area (Å²) < 4.78 is 37.3. The Hall–Kier alpha value is -1.87. The standard InChI is InChI=1S/C13H19NO7S/c1-19-12(15)9-11-10(13(16)20-2)5-7-14(11)6-4-8-21-22(3,17)18/h5,7H,4,6,8-9H2,1-3H3. The van der Waals surface area contributed by atoms with Gasteiger partial charge in [-0.1, -0.05) is 0 Å². The van der Waals surface area contributed by atoms with Crippen molar-refractivity contribution >= 4 is 22.1 Å².